The lowest BCUT2D eigenvalue weighted by Gasteiger charge is -2.29. The fourth-order valence-electron chi connectivity index (χ4n) is 4.29. The number of nitrogens with zero attached hydrogens (tertiary/aromatic N) is 1. The minimum atomic E-state index is -0.489. The highest BCUT2D eigenvalue weighted by molar-refractivity contribution is 5.97. The van der Waals surface area contributed by atoms with Crippen LogP contribution in [0.25, 0.3) is 11.1 Å². The maximum atomic E-state index is 14.3. The van der Waals surface area contributed by atoms with Gasteiger partial charge in [-0.1, -0.05) is 62.7 Å². The van der Waals surface area contributed by atoms with E-state index in [-0.39, 0.29) is 35.3 Å². The number of amides is 1. The van der Waals surface area contributed by atoms with Gasteiger partial charge >= 0.3 is 0 Å². The molecule has 0 saturated heterocycles. The number of hydrogen-bond donors (Lipinski definition) is 1. The van der Waals surface area contributed by atoms with Crippen LogP contribution in [-0.4, -0.2) is 18.5 Å². The van der Waals surface area contributed by atoms with Gasteiger partial charge in [-0.15, -0.1) is 0 Å². The third-order valence-electron chi connectivity index (χ3n) is 6.79. The van der Waals surface area contributed by atoms with E-state index in [1.54, 1.807) is 4.90 Å². The van der Waals surface area contributed by atoms with Crippen molar-refractivity contribution in [3.05, 3.63) is 90.0 Å². The molecule has 0 spiro atoms. The zero-order chi connectivity index (χ0) is 23.5. The summed E-state index contributed by atoms with van der Waals surface area (Å²) in [5.74, 6) is -1.48. The van der Waals surface area contributed by atoms with Crippen LogP contribution < -0.4 is 10.6 Å². The van der Waals surface area contributed by atoms with Gasteiger partial charge in [0.2, 0.25) is 5.91 Å². The van der Waals surface area contributed by atoms with Crippen molar-refractivity contribution < 1.29 is 13.6 Å². The summed E-state index contributed by atoms with van der Waals surface area (Å²) in [5.41, 5.74) is 9.63. The van der Waals surface area contributed by atoms with Crippen LogP contribution in [0.4, 0.5) is 14.5 Å². The average molecular weight is 449 g/mol. The summed E-state index contributed by atoms with van der Waals surface area (Å²) in [6, 6.07) is 21.1. The van der Waals surface area contributed by atoms with E-state index in [9.17, 15) is 13.6 Å². The Morgan fingerprint density at radius 2 is 1.70 bits per heavy atom. The summed E-state index contributed by atoms with van der Waals surface area (Å²) in [4.78, 5) is 15.3. The molecular formula is C28H30F2N2O. The first kappa shape index (κ1) is 23.1. The second-order valence-corrected chi connectivity index (χ2v) is 9.03. The van der Waals surface area contributed by atoms with Gasteiger partial charge in [0, 0.05) is 24.2 Å². The van der Waals surface area contributed by atoms with Crippen LogP contribution in [0.2, 0.25) is 0 Å². The van der Waals surface area contributed by atoms with Crippen molar-refractivity contribution in [3.63, 3.8) is 0 Å². The minimum absolute atomic E-state index is 0.0881. The Labute approximate surface area is 194 Å². The van der Waals surface area contributed by atoms with Crippen LogP contribution in [0.3, 0.4) is 0 Å². The molecular weight excluding hydrogens is 418 g/mol. The number of benzene rings is 3. The third kappa shape index (κ3) is 5.14. The highest BCUT2D eigenvalue weighted by Crippen LogP contribution is 2.50. The molecule has 1 fully saturated rings. The Bertz CT molecular complexity index is 1100. The highest BCUT2D eigenvalue weighted by atomic mass is 19.1. The fourth-order valence-corrected chi connectivity index (χ4v) is 4.29. The first-order chi connectivity index (χ1) is 15.9. The van der Waals surface area contributed by atoms with E-state index >= 15 is 0 Å². The van der Waals surface area contributed by atoms with Crippen LogP contribution in [0.5, 0.6) is 0 Å². The normalized spacial score (nSPS) is 19.1. The molecule has 3 nitrogen and oxygen atoms in total. The Morgan fingerprint density at radius 3 is 2.36 bits per heavy atom. The molecule has 0 aliphatic heterocycles. The van der Waals surface area contributed by atoms with E-state index in [2.05, 4.69) is 13.8 Å². The zero-order valence-electron chi connectivity index (χ0n) is 19.0. The van der Waals surface area contributed by atoms with Crippen molar-refractivity contribution in [2.75, 3.05) is 11.4 Å². The molecule has 0 heterocycles. The first-order valence-corrected chi connectivity index (χ1v) is 11.6. The molecule has 1 saturated carbocycles. The van der Waals surface area contributed by atoms with Gasteiger partial charge < -0.3 is 10.6 Å². The van der Waals surface area contributed by atoms with Crippen LogP contribution in [-0.2, 0) is 4.79 Å². The molecule has 4 atom stereocenters. The number of anilines is 1. The molecule has 5 heteroatoms. The Balaban J connectivity index is 1.59. The quantitative estimate of drug-likeness (QED) is 0.450. The second kappa shape index (κ2) is 9.84. The van der Waals surface area contributed by atoms with E-state index in [1.165, 1.54) is 6.07 Å². The second-order valence-electron chi connectivity index (χ2n) is 9.03. The van der Waals surface area contributed by atoms with E-state index in [4.69, 9.17) is 5.73 Å². The van der Waals surface area contributed by atoms with Crippen LogP contribution in [0.1, 0.15) is 38.2 Å². The lowest BCUT2D eigenvalue weighted by molar-refractivity contribution is -0.120. The SMILES string of the molecule is CC[C@H](C)[C@H](N)CN(C(=O)[C@@H]1C[C@H]1c1cc(F)ccc1F)c1ccc(-c2ccccc2)cc1. The highest BCUT2D eigenvalue weighted by Gasteiger charge is 2.47. The van der Waals surface area contributed by atoms with Crippen molar-refractivity contribution in [1.82, 2.24) is 0 Å². The first-order valence-electron chi connectivity index (χ1n) is 11.6. The van der Waals surface area contributed by atoms with Crippen molar-refractivity contribution >= 4 is 11.6 Å². The largest absolute Gasteiger partial charge is 0.326 e. The lowest BCUT2D eigenvalue weighted by Crippen LogP contribution is -2.45. The number of nitrogens with two attached hydrogens (primary N) is 1. The van der Waals surface area contributed by atoms with Crippen LogP contribution in [0, 0.1) is 23.5 Å². The topological polar surface area (TPSA) is 46.3 Å². The van der Waals surface area contributed by atoms with Gasteiger partial charge in [0.1, 0.15) is 11.6 Å². The van der Waals surface area contributed by atoms with Crippen molar-refractivity contribution in [1.29, 1.82) is 0 Å². The molecule has 0 bridgehead atoms. The fraction of sp³-hybridized carbons (Fsp3) is 0.321. The standard InChI is InChI=1S/C28H30F2N2O/c1-3-18(2)27(31)17-32(22-12-9-20(10-13-22)19-7-5-4-6-8-19)28(33)25-16-23(25)24-15-21(29)11-14-26(24)30/h4-15,18,23,25,27H,3,16-17,31H2,1-2H3/t18-,23-,25+,27+/m0/s1. The maximum absolute atomic E-state index is 14.3. The number of hydrogen-bond acceptors (Lipinski definition) is 2. The van der Waals surface area contributed by atoms with E-state index in [1.807, 2.05) is 54.6 Å². The Morgan fingerprint density at radius 1 is 1.03 bits per heavy atom. The van der Waals surface area contributed by atoms with Crippen LogP contribution >= 0.6 is 0 Å². The molecule has 3 aromatic carbocycles. The average Bonchev–Trinajstić information content (AvgIpc) is 3.64. The van der Waals surface area contributed by atoms with Gasteiger partial charge in [0.05, 0.1) is 0 Å². The smallest absolute Gasteiger partial charge is 0.230 e. The van der Waals surface area contributed by atoms with Gasteiger partial charge in [0.25, 0.3) is 0 Å². The summed E-state index contributed by atoms with van der Waals surface area (Å²) in [6.45, 7) is 4.54. The molecule has 3 aromatic rings. The molecule has 172 valence electrons. The number of halogens is 2. The van der Waals surface area contributed by atoms with Gasteiger partial charge in [-0.25, -0.2) is 8.78 Å². The van der Waals surface area contributed by atoms with E-state index in [0.29, 0.717) is 13.0 Å². The molecule has 4 rings (SSSR count). The summed E-state index contributed by atoms with van der Waals surface area (Å²) >= 11 is 0. The monoisotopic (exact) mass is 448 g/mol. The summed E-state index contributed by atoms with van der Waals surface area (Å²) in [7, 11) is 0. The Hall–Kier alpha value is -3.05. The molecule has 1 amide bonds. The molecule has 1 aliphatic carbocycles. The lowest BCUT2D eigenvalue weighted by atomic mass is 9.98. The molecule has 0 unspecified atom stereocenters. The van der Waals surface area contributed by atoms with Crippen molar-refractivity contribution in [3.8, 4) is 11.1 Å². The Kier molecular flexibility index (Phi) is 6.89. The maximum Gasteiger partial charge on any atom is 0.230 e. The van der Waals surface area contributed by atoms with Gasteiger partial charge in [-0.3, -0.25) is 4.79 Å². The summed E-state index contributed by atoms with van der Waals surface area (Å²) in [5, 5.41) is 0. The van der Waals surface area contributed by atoms with Crippen molar-refractivity contribution in [2.24, 2.45) is 17.6 Å². The van der Waals surface area contributed by atoms with Crippen molar-refractivity contribution in [2.45, 2.75) is 38.6 Å². The van der Waals surface area contributed by atoms with E-state index in [0.717, 1.165) is 35.4 Å². The zero-order valence-corrected chi connectivity index (χ0v) is 19.0. The van der Waals surface area contributed by atoms with Gasteiger partial charge in [-0.2, -0.15) is 0 Å². The molecule has 0 aromatic heterocycles. The summed E-state index contributed by atoms with van der Waals surface area (Å²) in [6.07, 6.45) is 1.42. The van der Waals surface area contributed by atoms with Gasteiger partial charge in [0.15, 0.2) is 0 Å². The van der Waals surface area contributed by atoms with Crippen LogP contribution in [0.15, 0.2) is 72.8 Å². The number of carbonyl (C=O) groups excluding carboxylic acids is 1. The molecule has 1 aliphatic rings. The summed E-state index contributed by atoms with van der Waals surface area (Å²) < 4.78 is 28.0. The number of rotatable bonds is 8. The predicted molar refractivity (Wildman–Crippen MR) is 129 cm³/mol. The van der Waals surface area contributed by atoms with E-state index < -0.39 is 11.6 Å². The third-order valence-corrected chi connectivity index (χ3v) is 6.79. The predicted octanol–water partition coefficient (Wildman–Crippen LogP) is 6.14. The molecule has 0 radical (unpaired) electrons. The molecule has 2 N–H and O–H groups in total. The minimum Gasteiger partial charge on any atom is -0.326 e. The molecule has 33 heavy (non-hydrogen) atoms. The van der Waals surface area contributed by atoms with Gasteiger partial charge in [-0.05, 0) is 65.3 Å². The number of carbonyl (C=O) groups is 1.